The largest absolute Gasteiger partial charge is 0.374 e. The molecule has 1 aromatic heterocycles. The van der Waals surface area contributed by atoms with E-state index in [0.717, 1.165) is 19.0 Å². The van der Waals surface area contributed by atoms with E-state index in [1.165, 1.54) is 16.0 Å². The number of ether oxygens (including phenoxy) is 1. The lowest BCUT2D eigenvalue weighted by Crippen LogP contribution is -2.36. The molecule has 2 rings (SSSR count). The molecule has 0 aliphatic rings. The van der Waals surface area contributed by atoms with E-state index in [4.69, 9.17) is 4.74 Å². The van der Waals surface area contributed by atoms with Crippen LogP contribution in [0.5, 0.6) is 0 Å². The van der Waals surface area contributed by atoms with Gasteiger partial charge in [-0.25, -0.2) is 4.99 Å². The van der Waals surface area contributed by atoms with Gasteiger partial charge in [0, 0.05) is 11.4 Å². The lowest BCUT2D eigenvalue weighted by atomic mass is 10.1. The summed E-state index contributed by atoms with van der Waals surface area (Å²) >= 11 is 1.75. The van der Waals surface area contributed by atoms with Gasteiger partial charge in [0.25, 0.3) is 0 Å². The zero-order chi connectivity index (χ0) is 17.2. The van der Waals surface area contributed by atoms with E-state index in [1.54, 1.807) is 11.3 Å². The topological polar surface area (TPSA) is 45.7 Å². The second kappa shape index (κ2) is 10.1. The van der Waals surface area contributed by atoms with Crippen molar-refractivity contribution in [3.63, 3.8) is 0 Å². The molecule has 130 valence electrons. The lowest BCUT2D eigenvalue weighted by Gasteiger charge is -2.11. The van der Waals surface area contributed by atoms with Crippen molar-refractivity contribution < 1.29 is 4.74 Å². The SMILES string of the molecule is CCNC(=NCc1cccc(COC(C)C)c1)NCc1cccs1. The van der Waals surface area contributed by atoms with Crippen LogP contribution in [-0.2, 0) is 24.4 Å². The number of aliphatic imine (C=N–C) groups is 1. The molecule has 0 aliphatic heterocycles. The van der Waals surface area contributed by atoms with Crippen molar-refractivity contribution in [3.05, 3.63) is 57.8 Å². The van der Waals surface area contributed by atoms with Crippen LogP contribution < -0.4 is 10.6 Å². The van der Waals surface area contributed by atoms with Crippen LogP contribution >= 0.6 is 11.3 Å². The van der Waals surface area contributed by atoms with Gasteiger partial charge < -0.3 is 15.4 Å². The highest BCUT2D eigenvalue weighted by atomic mass is 32.1. The minimum Gasteiger partial charge on any atom is -0.374 e. The molecular formula is C19H27N3OS. The zero-order valence-electron chi connectivity index (χ0n) is 14.7. The van der Waals surface area contributed by atoms with Crippen LogP contribution in [0.15, 0.2) is 46.8 Å². The van der Waals surface area contributed by atoms with E-state index in [-0.39, 0.29) is 6.10 Å². The number of hydrogen-bond donors (Lipinski definition) is 2. The molecule has 0 radical (unpaired) electrons. The predicted molar refractivity (Wildman–Crippen MR) is 102 cm³/mol. The first-order valence-electron chi connectivity index (χ1n) is 8.41. The molecular weight excluding hydrogens is 318 g/mol. The van der Waals surface area contributed by atoms with Gasteiger partial charge in [0.05, 0.1) is 25.8 Å². The first-order valence-corrected chi connectivity index (χ1v) is 9.29. The van der Waals surface area contributed by atoms with Crippen LogP contribution in [0, 0.1) is 0 Å². The molecule has 0 spiro atoms. The molecule has 2 N–H and O–H groups in total. The fraction of sp³-hybridized carbons (Fsp3) is 0.421. The second-order valence-electron chi connectivity index (χ2n) is 5.81. The molecule has 2 aromatic rings. The van der Waals surface area contributed by atoms with Crippen molar-refractivity contribution in [2.75, 3.05) is 6.54 Å². The Morgan fingerprint density at radius 2 is 2.00 bits per heavy atom. The van der Waals surface area contributed by atoms with E-state index in [1.807, 2.05) is 0 Å². The summed E-state index contributed by atoms with van der Waals surface area (Å²) < 4.78 is 5.67. The summed E-state index contributed by atoms with van der Waals surface area (Å²) in [7, 11) is 0. The van der Waals surface area contributed by atoms with Crippen molar-refractivity contribution >= 4 is 17.3 Å². The van der Waals surface area contributed by atoms with E-state index in [0.29, 0.717) is 13.2 Å². The Labute approximate surface area is 149 Å². The van der Waals surface area contributed by atoms with Gasteiger partial charge in [0.2, 0.25) is 0 Å². The maximum atomic E-state index is 5.67. The summed E-state index contributed by atoms with van der Waals surface area (Å²) in [6.45, 7) is 9.12. The third kappa shape index (κ3) is 6.72. The van der Waals surface area contributed by atoms with E-state index in [2.05, 4.69) is 78.2 Å². The number of nitrogens with one attached hydrogen (secondary N) is 2. The Bertz CT molecular complexity index is 623. The van der Waals surface area contributed by atoms with Crippen LogP contribution in [0.3, 0.4) is 0 Å². The van der Waals surface area contributed by atoms with Crippen LogP contribution in [0.25, 0.3) is 0 Å². The maximum absolute atomic E-state index is 5.67. The molecule has 0 saturated carbocycles. The molecule has 24 heavy (non-hydrogen) atoms. The standard InChI is InChI=1S/C19H27N3OS/c1-4-20-19(22-13-18-9-6-10-24-18)21-12-16-7-5-8-17(11-16)14-23-15(2)3/h5-11,15H,4,12-14H2,1-3H3,(H2,20,21,22). The van der Waals surface area contributed by atoms with Crippen molar-refractivity contribution in [3.8, 4) is 0 Å². The summed E-state index contributed by atoms with van der Waals surface area (Å²) in [5.74, 6) is 0.842. The summed E-state index contributed by atoms with van der Waals surface area (Å²) in [6, 6.07) is 12.6. The van der Waals surface area contributed by atoms with Gasteiger partial charge in [-0.05, 0) is 43.3 Å². The predicted octanol–water partition coefficient (Wildman–Crippen LogP) is 3.93. The highest BCUT2D eigenvalue weighted by molar-refractivity contribution is 7.09. The molecule has 0 unspecified atom stereocenters. The summed E-state index contributed by atoms with van der Waals surface area (Å²) in [5.41, 5.74) is 2.38. The van der Waals surface area contributed by atoms with Crippen molar-refractivity contribution in [1.29, 1.82) is 0 Å². The van der Waals surface area contributed by atoms with Crippen molar-refractivity contribution in [2.24, 2.45) is 4.99 Å². The fourth-order valence-corrected chi connectivity index (χ4v) is 2.82. The Hall–Kier alpha value is -1.85. The van der Waals surface area contributed by atoms with Crippen LogP contribution in [0.4, 0.5) is 0 Å². The Morgan fingerprint density at radius 3 is 2.71 bits per heavy atom. The Balaban J connectivity index is 1.93. The minimum atomic E-state index is 0.244. The third-order valence-corrected chi connectivity index (χ3v) is 4.23. The van der Waals surface area contributed by atoms with Crippen molar-refractivity contribution in [1.82, 2.24) is 10.6 Å². The quantitative estimate of drug-likeness (QED) is 0.563. The number of benzene rings is 1. The van der Waals surface area contributed by atoms with Gasteiger partial charge in [-0.15, -0.1) is 11.3 Å². The van der Waals surface area contributed by atoms with Gasteiger partial charge >= 0.3 is 0 Å². The van der Waals surface area contributed by atoms with E-state index in [9.17, 15) is 0 Å². The fourth-order valence-electron chi connectivity index (χ4n) is 2.18. The first-order chi connectivity index (χ1) is 11.7. The summed E-state index contributed by atoms with van der Waals surface area (Å²) in [4.78, 5) is 5.98. The average molecular weight is 346 g/mol. The molecule has 0 aliphatic carbocycles. The van der Waals surface area contributed by atoms with Gasteiger partial charge in [0.15, 0.2) is 5.96 Å². The monoisotopic (exact) mass is 345 g/mol. The minimum absolute atomic E-state index is 0.244. The van der Waals surface area contributed by atoms with Crippen LogP contribution in [0.2, 0.25) is 0 Å². The highest BCUT2D eigenvalue weighted by Crippen LogP contribution is 2.10. The van der Waals surface area contributed by atoms with Gasteiger partial charge in [-0.2, -0.15) is 0 Å². The normalized spacial score (nSPS) is 11.8. The van der Waals surface area contributed by atoms with Gasteiger partial charge in [-0.3, -0.25) is 0 Å². The Morgan fingerprint density at radius 1 is 1.17 bits per heavy atom. The molecule has 0 saturated heterocycles. The maximum Gasteiger partial charge on any atom is 0.191 e. The number of thiophene rings is 1. The second-order valence-corrected chi connectivity index (χ2v) is 6.84. The average Bonchev–Trinajstić information content (AvgIpc) is 3.09. The van der Waals surface area contributed by atoms with Crippen LogP contribution in [-0.4, -0.2) is 18.6 Å². The number of rotatable bonds is 8. The molecule has 5 heteroatoms. The molecule has 4 nitrogen and oxygen atoms in total. The molecule has 0 amide bonds. The summed E-state index contributed by atoms with van der Waals surface area (Å²) in [6.07, 6.45) is 0.244. The summed E-state index contributed by atoms with van der Waals surface area (Å²) in [5, 5.41) is 8.75. The molecule has 1 aromatic carbocycles. The zero-order valence-corrected chi connectivity index (χ0v) is 15.5. The number of hydrogen-bond acceptors (Lipinski definition) is 3. The molecule has 0 atom stereocenters. The number of nitrogens with zero attached hydrogens (tertiary/aromatic N) is 1. The highest BCUT2D eigenvalue weighted by Gasteiger charge is 2.01. The van der Waals surface area contributed by atoms with Crippen molar-refractivity contribution in [2.45, 2.75) is 46.6 Å². The smallest absolute Gasteiger partial charge is 0.191 e. The lowest BCUT2D eigenvalue weighted by molar-refractivity contribution is 0.0657. The third-order valence-electron chi connectivity index (χ3n) is 3.35. The van der Waals surface area contributed by atoms with Gasteiger partial charge in [-0.1, -0.05) is 30.3 Å². The Kier molecular flexibility index (Phi) is 7.79. The van der Waals surface area contributed by atoms with Crippen LogP contribution in [0.1, 0.15) is 36.8 Å². The molecule has 1 heterocycles. The molecule has 0 bridgehead atoms. The van der Waals surface area contributed by atoms with E-state index >= 15 is 0 Å². The first kappa shape index (κ1) is 18.5. The van der Waals surface area contributed by atoms with Gasteiger partial charge in [0.1, 0.15) is 0 Å². The van der Waals surface area contributed by atoms with E-state index < -0.39 is 0 Å². The molecule has 0 fully saturated rings. The number of guanidine groups is 1.